The lowest BCUT2D eigenvalue weighted by atomic mass is 9.98. The number of piperidine rings is 1. The summed E-state index contributed by atoms with van der Waals surface area (Å²) < 4.78 is 10.9. The number of nitrogens with one attached hydrogen (secondary N) is 1. The fourth-order valence-electron chi connectivity index (χ4n) is 3.75. The molecule has 3 heterocycles. The second-order valence-electron chi connectivity index (χ2n) is 7.77. The maximum Gasteiger partial charge on any atom is 0.410 e. The molecule has 0 aliphatic carbocycles. The van der Waals surface area contributed by atoms with Crippen molar-refractivity contribution in [3.63, 3.8) is 0 Å². The Balaban J connectivity index is 1.49. The first-order valence-electron chi connectivity index (χ1n) is 8.87. The van der Waals surface area contributed by atoms with Gasteiger partial charge in [0.2, 0.25) is 0 Å². The van der Waals surface area contributed by atoms with Crippen LogP contribution in [0.3, 0.4) is 0 Å². The third-order valence-electron chi connectivity index (χ3n) is 4.69. The third-order valence-corrected chi connectivity index (χ3v) is 4.69. The third kappa shape index (κ3) is 4.20. The zero-order chi connectivity index (χ0) is 17.2. The molecule has 2 bridgehead atoms. The van der Waals surface area contributed by atoms with Crippen molar-refractivity contribution in [1.29, 1.82) is 0 Å². The molecule has 132 valence electrons. The Morgan fingerprint density at radius 3 is 2.67 bits per heavy atom. The molecule has 5 heteroatoms. The normalized spacial score (nSPS) is 27.0. The van der Waals surface area contributed by atoms with Crippen molar-refractivity contribution in [1.82, 2.24) is 10.2 Å². The summed E-state index contributed by atoms with van der Waals surface area (Å²) in [5, 5.41) is 3.59. The van der Waals surface area contributed by atoms with Gasteiger partial charge in [-0.25, -0.2) is 4.79 Å². The highest BCUT2D eigenvalue weighted by molar-refractivity contribution is 5.69. The maximum absolute atomic E-state index is 12.4. The molecule has 2 fully saturated rings. The Labute approximate surface area is 144 Å². The van der Waals surface area contributed by atoms with Crippen LogP contribution in [0.15, 0.2) is 28.9 Å². The minimum Gasteiger partial charge on any atom is -0.465 e. The van der Waals surface area contributed by atoms with E-state index in [-0.39, 0.29) is 6.09 Å². The molecule has 0 radical (unpaired) electrons. The van der Waals surface area contributed by atoms with E-state index in [9.17, 15) is 4.79 Å². The molecule has 2 atom stereocenters. The van der Waals surface area contributed by atoms with Gasteiger partial charge in [0.05, 0.1) is 6.26 Å². The van der Waals surface area contributed by atoms with E-state index < -0.39 is 5.60 Å². The van der Waals surface area contributed by atoms with E-state index in [1.165, 1.54) is 0 Å². The van der Waals surface area contributed by atoms with Crippen molar-refractivity contribution in [2.75, 3.05) is 6.54 Å². The summed E-state index contributed by atoms with van der Waals surface area (Å²) >= 11 is 0. The predicted molar refractivity (Wildman–Crippen MR) is 93.6 cm³/mol. The monoisotopic (exact) mass is 332 g/mol. The zero-order valence-corrected chi connectivity index (χ0v) is 14.8. The number of nitrogens with zero attached hydrogens (tertiary/aromatic N) is 1. The minimum absolute atomic E-state index is 0.147. The van der Waals surface area contributed by atoms with Crippen LogP contribution in [0.5, 0.6) is 0 Å². The van der Waals surface area contributed by atoms with Gasteiger partial charge in [0.1, 0.15) is 11.4 Å². The molecule has 2 saturated heterocycles. The molecule has 1 aromatic heterocycles. The highest BCUT2D eigenvalue weighted by atomic mass is 16.6. The van der Waals surface area contributed by atoms with Gasteiger partial charge in [-0.05, 0) is 64.7 Å². The molecule has 1 amide bonds. The van der Waals surface area contributed by atoms with Crippen LogP contribution in [-0.4, -0.2) is 41.3 Å². The number of carbonyl (C=O) groups is 1. The van der Waals surface area contributed by atoms with Gasteiger partial charge in [-0.3, -0.25) is 0 Å². The Bertz CT molecular complexity index is 560. The number of hydrogen-bond donors (Lipinski definition) is 1. The van der Waals surface area contributed by atoms with Gasteiger partial charge in [-0.2, -0.15) is 0 Å². The minimum atomic E-state index is -0.428. The van der Waals surface area contributed by atoms with Crippen LogP contribution in [0.2, 0.25) is 0 Å². The summed E-state index contributed by atoms with van der Waals surface area (Å²) in [7, 11) is 0. The quantitative estimate of drug-likeness (QED) is 0.911. The van der Waals surface area contributed by atoms with Crippen molar-refractivity contribution in [2.24, 2.45) is 0 Å². The molecule has 5 nitrogen and oxygen atoms in total. The number of furan rings is 1. The predicted octanol–water partition coefficient (Wildman–Crippen LogP) is 3.81. The van der Waals surface area contributed by atoms with Crippen LogP contribution >= 0.6 is 0 Å². The standard InChI is InChI=1S/C19H28N2O3/c1-19(2,3)24-18(22)21-15-8-9-16(21)13-14(12-15)20-10-4-6-17-7-5-11-23-17/h4-7,11,14-16,20H,8-10,12-13H2,1-3H3. The zero-order valence-electron chi connectivity index (χ0n) is 14.8. The van der Waals surface area contributed by atoms with Crippen molar-refractivity contribution < 1.29 is 13.9 Å². The SMILES string of the molecule is CC(C)(C)OC(=O)N1C2CCC1CC(NCC=Cc1ccco1)C2. The van der Waals surface area contributed by atoms with Crippen molar-refractivity contribution in [2.45, 2.75) is 70.2 Å². The number of rotatable bonds is 4. The number of amides is 1. The first-order chi connectivity index (χ1) is 11.4. The molecule has 24 heavy (non-hydrogen) atoms. The molecule has 2 aliphatic heterocycles. The lowest BCUT2D eigenvalue weighted by Gasteiger charge is -2.39. The largest absolute Gasteiger partial charge is 0.465 e. The first-order valence-corrected chi connectivity index (χ1v) is 8.87. The molecule has 0 aromatic carbocycles. The lowest BCUT2D eigenvalue weighted by molar-refractivity contribution is 0.00488. The summed E-state index contributed by atoms with van der Waals surface area (Å²) in [6.45, 7) is 6.59. The molecule has 3 rings (SSSR count). The van der Waals surface area contributed by atoms with Crippen LogP contribution in [0.1, 0.15) is 52.2 Å². The van der Waals surface area contributed by atoms with Gasteiger partial charge in [0.15, 0.2) is 0 Å². The number of fused-ring (bicyclic) bond motifs is 2. The summed E-state index contributed by atoms with van der Waals surface area (Å²) in [6, 6.07) is 4.91. The smallest absolute Gasteiger partial charge is 0.410 e. The highest BCUT2D eigenvalue weighted by Crippen LogP contribution is 2.36. The molecule has 2 aliphatic rings. The van der Waals surface area contributed by atoms with E-state index in [2.05, 4.69) is 11.4 Å². The van der Waals surface area contributed by atoms with E-state index in [1.807, 2.05) is 43.9 Å². The van der Waals surface area contributed by atoms with E-state index in [0.717, 1.165) is 38.0 Å². The van der Waals surface area contributed by atoms with Gasteiger partial charge < -0.3 is 19.4 Å². The van der Waals surface area contributed by atoms with E-state index in [4.69, 9.17) is 9.15 Å². The van der Waals surface area contributed by atoms with E-state index >= 15 is 0 Å². The topological polar surface area (TPSA) is 54.7 Å². The van der Waals surface area contributed by atoms with Gasteiger partial charge >= 0.3 is 6.09 Å². The maximum atomic E-state index is 12.4. The molecule has 2 unspecified atom stereocenters. The summed E-state index contributed by atoms with van der Waals surface area (Å²) in [6.07, 6.45) is 9.78. The summed E-state index contributed by atoms with van der Waals surface area (Å²) in [5.41, 5.74) is -0.428. The van der Waals surface area contributed by atoms with Gasteiger partial charge in [0.25, 0.3) is 0 Å². The second-order valence-corrected chi connectivity index (χ2v) is 7.77. The molecule has 0 saturated carbocycles. The Hall–Kier alpha value is -1.75. The molecule has 0 spiro atoms. The van der Waals surface area contributed by atoms with Crippen LogP contribution in [0.4, 0.5) is 4.79 Å². The lowest BCUT2D eigenvalue weighted by Crippen LogP contribution is -2.52. The van der Waals surface area contributed by atoms with Gasteiger partial charge in [0, 0.05) is 24.7 Å². The Kier molecular flexibility index (Phi) is 4.99. The van der Waals surface area contributed by atoms with Crippen molar-refractivity contribution in [3.8, 4) is 0 Å². The number of hydrogen-bond acceptors (Lipinski definition) is 4. The summed E-state index contributed by atoms with van der Waals surface area (Å²) in [5.74, 6) is 0.872. The van der Waals surface area contributed by atoms with E-state index in [0.29, 0.717) is 18.1 Å². The van der Waals surface area contributed by atoms with Gasteiger partial charge in [-0.1, -0.05) is 6.08 Å². The Morgan fingerprint density at radius 1 is 1.38 bits per heavy atom. The average Bonchev–Trinajstić information content (AvgIpc) is 3.09. The van der Waals surface area contributed by atoms with Crippen molar-refractivity contribution >= 4 is 12.2 Å². The van der Waals surface area contributed by atoms with Crippen LogP contribution in [0, 0.1) is 0 Å². The van der Waals surface area contributed by atoms with Crippen LogP contribution < -0.4 is 5.32 Å². The fraction of sp³-hybridized carbons (Fsp3) is 0.632. The molecular formula is C19H28N2O3. The van der Waals surface area contributed by atoms with E-state index in [1.54, 1.807) is 6.26 Å². The Morgan fingerprint density at radius 2 is 2.08 bits per heavy atom. The summed E-state index contributed by atoms with van der Waals surface area (Å²) in [4.78, 5) is 14.4. The van der Waals surface area contributed by atoms with Crippen molar-refractivity contribution in [3.05, 3.63) is 30.2 Å². The average molecular weight is 332 g/mol. The first kappa shape index (κ1) is 17.1. The number of carbonyl (C=O) groups excluding carboxylic acids is 1. The molecular weight excluding hydrogens is 304 g/mol. The highest BCUT2D eigenvalue weighted by Gasteiger charge is 2.44. The molecule has 1 aromatic rings. The fourth-order valence-corrected chi connectivity index (χ4v) is 3.75. The number of ether oxygens (including phenoxy) is 1. The van der Waals surface area contributed by atoms with Crippen LogP contribution in [0.25, 0.3) is 6.08 Å². The van der Waals surface area contributed by atoms with Crippen LogP contribution in [-0.2, 0) is 4.74 Å². The second kappa shape index (κ2) is 7.01. The van der Waals surface area contributed by atoms with Gasteiger partial charge in [-0.15, -0.1) is 0 Å². The molecule has 1 N–H and O–H groups in total.